The van der Waals surface area contributed by atoms with Gasteiger partial charge < -0.3 is 9.67 Å². The van der Waals surface area contributed by atoms with Crippen LogP contribution in [0.4, 0.5) is 0 Å². The van der Waals surface area contributed by atoms with Crippen LogP contribution in [0.3, 0.4) is 0 Å². The largest absolute Gasteiger partial charge is 0.478 e. The van der Waals surface area contributed by atoms with E-state index in [9.17, 15) is 14.7 Å². The highest BCUT2D eigenvalue weighted by atomic mass is 16.4. The molecule has 0 radical (unpaired) electrons. The molecule has 0 saturated carbocycles. The van der Waals surface area contributed by atoms with E-state index in [0.717, 1.165) is 36.8 Å². The van der Waals surface area contributed by atoms with E-state index < -0.39 is 5.97 Å². The summed E-state index contributed by atoms with van der Waals surface area (Å²) in [6.45, 7) is 4.68. The maximum Gasteiger partial charge on any atom is 0.337 e. The molecule has 1 heterocycles. The van der Waals surface area contributed by atoms with Gasteiger partial charge >= 0.3 is 5.97 Å². The Hall–Kier alpha value is -2.10. The zero-order valence-electron chi connectivity index (χ0n) is 11.1. The Bertz CT molecular complexity index is 640. The molecule has 1 aromatic heterocycles. The summed E-state index contributed by atoms with van der Waals surface area (Å²) < 4.78 is 1.95. The lowest BCUT2D eigenvalue weighted by Gasteiger charge is -2.09. The van der Waals surface area contributed by atoms with Crippen molar-refractivity contribution in [2.45, 2.75) is 33.2 Å². The Morgan fingerprint density at radius 2 is 2.16 bits per heavy atom. The number of fused-ring (bicyclic) bond motifs is 1. The number of carbonyl (C=O) groups is 2. The van der Waals surface area contributed by atoms with E-state index in [2.05, 4.69) is 6.92 Å². The number of carbonyl (C=O) groups excluding carboxylic acids is 1. The van der Waals surface area contributed by atoms with Crippen LogP contribution in [-0.2, 0) is 6.54 Å². The topological polar surface area (TPSA) is 59.3 Å². The summed E-state index contributed by atoms with van der Waals surface area (Å²) in [5.41, 5.74) is 2.34. The normalized spacial score (nSPS) is 10.8. The minimum Gasteiger partial charge on any atom is -0.478 e. The van der Waals surface area contributed by atoms with Crippen molar-refractivity contribution in [3.63, 3.8) is 0 Å². The van der Waals surface area contributed by atoms with Gasteiger partial charge in [0.2, 0.25) is 0 Å². The number of carboxylic acids is 1. The van der Waals surface area contributed by atoms with E-state index in [1.165, 1.54) is 0 Å². The lowest BCUT2D eigenvalue weighted by molar-refractivity contribution is 0.0698. The fourth-order valence-corrected chi connectivity index (χ4v) is 2.48. The molecule has 100 valence electrons. The van der Waals surface area contributed by atoms with E-state index in [0.29, 0.717) is 11.1 Å². The molecule has 19 heavy (non-hydrogen) atoms. The Balaban J connectivity index is 2.80. The molecule has 0 atom stereocenters. The summed E-state index contributed by atoms with van der Waals surface area (Å²) >= 11 is 0. The van der Waals surface area contributed by atoms with Crippen LogP contribution < -0.4 is 0 Å². The van der Waals surface area contributed by atoms with Crippen LogP contribution in [0, 0.1) is 6.92 Å². The van der Waals surface area contributed by atoms with Crippen molar-refractivity contribution >= 4 is 23.2 Å². The minimum absolute atomic E-state index is 0.254. The molecule has 2 rings (SSSR count). The molecule has 1 aromatic carbocycles. The van der Waals surface area contributed by atoms with E-state index >= 15 is 0 Å². The van der Waals surface area contributed by atoms with Crippen molar-refractivity contribution < 1.29 is 14.7 Å². The van der Waals surface area contributed by atoms with Gasteiger partial charge in [-0.2, -0.15) is 0 Å². The maximum atomic E-state index is 11.3. The van der Waals surface area contributed by atoms with E-state index in [1.54, 1.807) is 18.2 Å². The van der Waals surface area contributed by atoms with Crippen molar-refractivity contribution in [2.24, 2.45) is 0 Å². The van der Waals surface area contributed by atoms with Crippen LogP contribution >= 0.6 is 0 Å². The van der Waals surface area contributed by atoms with Gasteiger partial charge in [-0.25, -0.2) is 4.79 Å². The van der Waals surface area contributed by atoms with Crippen LogP contribution in [0.1, 0.15) is 46.2 Å². The average molecular weight is 259 g/mol. The molecule has 0 fully saturated rings. The second kappa shape index (κ2) is 5.26. The van der Waals surface area contributed by atoms with Crippen LogP contribution in [-0.4, -0.2) is 21.9 Å². The molecule has 0 unspecified atom stereocenters. The van der Waals surface area contributed by atoms with Crippen molar-refractivity contribution in [1.82, 2.24) is 4.57 Å². The van der Waals surface area contributed by atoms with E-state index in [1.807, 2.05) is 11.5 Å². The van der Waals surface area contributed by atoms with Crippen molar-refractivity contribution in [3.8, 4) is 0 Å². The van der Waals surface area contributed by atoms with Crippen molar-refractivity contribution in [2.75, 3.05) is 0 Å². The van der Waals surface area contributed by atoms with Crippen molar-refractivity contribution in [1.29, 1.82) is 0 Å². The molecule has 1 N–H and O–H groups in total. The fourth-order valence-electron chi connectivity index (χ4n) is 2.48. The Morgan fingerprint density at radius 3 is 2.74 bits per heavy atom. The van der Waals surface area contributed by atoms with Gasteiger partial charge in [-0.1, -0.05) is 25.5 Å². The predicted molar refractivity (Wildman–Crippen MR) is 73.9 cm³/mol. The van der Waals surface area contributed by atoms with Crippen LogP contribution in [0.25, 0.3) is 10.9 Å². The average Bonchev–Trinajstić information content (AvgIpc) is 2.67. The molecule has 0 aliphatic heterocycles. The first-order chi connectivity index (χ1) is 9.11. The summed E-state index contributed by atoms with van der Waals surface area (Å²) in [6, 6.07) is 5.07. The smallest absolute Gasteiger partial charge is 0.337 e. The summed E-state index contributed by atoms with van der Waals surface area (Å²) in [5.74, 6) is -0.960. The highest BCUT2D eigenvalue weighted by molar-refractivity contribution is 6.08. The zero-order chi connectivity index (χ0) is 14.0. The molecule has 0 spiro atoms. The van der Waals surface area contributed by atoms with E-state index in [-0.39, 0.29) is 5.56 Å². The van der Waals surface area contributed by atoms with Gasteiger partial charge in [0.1, 0.15) is 0 Å². The number of aryl methyl sites for hydroxylation is 1. The second-order valence-electron chi connectivity index (χ2n) is 4.63. The van der Waals surface area contributed by atoms with Gasteiger partial charge in [0.15, 0.2) is 6.29 Å². The summed E-state index contributed by atoms with van der Waals surface area (Å²) in [7, 11) is 0. The highest BCUT2D eigenvalue weighted by Gasteiger charge is 2.18. The Morgan fingerprint density at radius 1 is 1.42 bits per heavy atom. The molecule has 4 nitrogen and oxygen atoms in total. The van der Waals surface area contributed by atoms with Gasteiger partial charge in [0.05, 0.1) is 11.1 Å². The van der Waals surface area contributed by atoms with Gasteiger partial charge in [0, 0.05) is 23.2 Å². The SMILES string of the molecule is CCCCn1c(C)c(C=O)c2cccc(C(=O)O)c21. The van der Waals surface area contributed by atoms with Crippen LogP contribution in [0.2, 0.25) is 0 Å². The molecule has 2 aromatic rings. The number of hydrogen-bond acceptors (Lipinski definition) is 2. The number of nitrogens with zero attached hydrogens (tertiary/aromatic N) is 1. The quantitative estimate of drug-likeness (QED) is 0.838. The van der Waals surface area contributed by atoms with Gasteiger partial charge in [-0.3, -0.25) is 4.79 Å². The highest BCUT2D eigenvalue weighted by Crippen LogP contribution is 2.28. The molecule has 4 heteroatoms. The monoisotopic (exact) mass is 259 g/mol. The summed E-state index contributed by atoms with van der Waals surface area (Å²) in [5, 5.41) is 10.0. The molecule has 0 aliphatic carbocycles. The molecular weight excluding hydrogens is 242 g/mol. The van der Waals surface area contributed by atoms with Gasteiger partial charge in [-0.05, 0) is 19.4 Å². The molecule has 0 aliphatic rings. The molecule has 0 amide bonds. The number of rotatable bonds is 5. The first-order valence-electron chi connectivity index (χ1n) is 6.42. The first-order valence-corrected chi connectivity index (χ1v) is 6.42. The number of hydrogen-bond donors (Lipinski definition) is 1. The zero-order valence-corrected chi connectivity index (χ0v) is 11.1. The third kappa shape index (κ3) is 2.14. The van der Waals surface area contributed by atoms with Crippen molar-refractivity contribution in [3.05, 3.63) is 35.0 Å². The number of carboxylic acid groups (broad SMARTS) is 1. The Kier molecular flexibility index (Phi) is 3.69. The standard InChI is InChI=1S/C15H17NO3/c1-3-4-8-16-10(2)13(9-17)11-6-5-7-12(14(11)16)15(18)19/h5-7,9H,3-4,8H2,1-2H3,(H,18,19). The van der Waals surface area contributed by atoms with Crippen LogP contribution in [0.15, 0.2) is 18.2 Å². The Labute approximate surface area is 111 Å². The lowest BCUT2D eigenvalue weighted by Crippen LogP contribution is -2.05. The van der Waals surface area contributed by atoms with Crippen LogP contribution in [0.5, 0.6) is 0 Å². The third-order valence-electron chi connectivity index (χ3n) is 3.47. The second-order valence-corrected chi connectivity index (χ2v) is 4.63. The number of benzene rings is 1. The predicted octanol–water partition coefficient (Wildman–Crippen LogP) is 3.26. The maximum absolute atomic E-state index is 11.3. The number of para-hydroxylation sites is 1. The van der Waals surface area contributed by atoms with Gasteiger partial charge in [0.25, 0.3) is 0 Å². The lowest BCUT2D eigenvalue weighted by atomic mass is 10.1. The minimum atomic E-state index is -0.960. The summed E-state index contributed by atoms with van der Waals surface area (Å²) in [6.07, 6.45) is 2.79. The number of aldehydes is 1. The third-order valence-corrected chi connectivity index (χ3v) is 3.47. The van der Waals surface area contributed by atoms with Gasteiger partial charge in [-0.15, -0.1) is 0 Å². The number of unbranched alkanes of at least 4 members (excludes halogenated alkanes) is 1. The molecule has 0 bridgehead atoms. The fraction of sp³-hybridized carbons (Fsp3) is 0.333. The number of aromatic carboxylic acids is 1. The number of aromatic nitrogens is 1. The summed E-state index contributed by atoms with van der Waals surface area (Å²) in [4.78, 5) is 22.6. The first kappa shape index (κ1) is 13.3. The van der Waals surface area contributed by atoms with E-state index in [4.69, 9.17) is 0 Å². The molecular formula is C15H17NO3. The molecule has 0 saturated heterocycles.